The average molecular weight is 482 g/mol. The standard InChI is InChI=1S/C24H27N5O6/c1-3-35-24(30)22(20-12-8-5-9-15-27(20)2)23(17-10-6-4-7-11-17)26-25-19-14-13-18(28(31)32)16-21(19)29(33)34/h4,6-7,10-11,13-14,16,25H,3,5,8-9,12,15H2,1-2H3/b22-20-,26-23-. The van der Waals surface area contributed by atoms with E-state index in [-0.39, 0.29) is 23.6 Å². The molecule has 0 radical (unpaired) electrons. The van der Waals surface area contributed by atoms with Crippen LogP contribution in [-0.4, -0.2) is 46.6 Å². The summed E-state index contributed by atoms with van der Waals surface area (Å²) in [5.41, 5.74) is 3.64. The number of carbonyl (C=O) groups is 1. The molecule has 0 aliphatic carbocycles. The summed E-state index contributed by atoms with van der Waals surface area (Å²) in [5, 5.41) is 27.1. The van der Waals surface area contributed by atoms with E-state index in [0.717, 1.165) is 43.6 Å². The fourth-order valence-electron chi connectivity index (χ4n) is 3.87. The SMILES string of the molecule is CCOC(=O)C(/C(=N\Nc1ccc([N+](=O)[O-])cc1[N+](=O)[O-])c1ccccc1)=C1/CCCCCN1C. The summed E-state index contributed by atoms with van der Waals surface area (Å²) in [7, 11) is 1.91. The van der Waals surface area contributed by atoms with Gasteiger partial charge >= 0.3 is 11.7 Å². The zero-order valence-corrected chi connectivity index (χ0v) is 19.6. The van der Waals surface area contributed by atoms with E-state index in [4.69, 9.17) is 4.74 Å². The van der Waals surface area contributed by atoms with Crippen LogP contribution in [0.15, 0.2) is 64.9 Å². The van der Waals surface area contributed by atoms with Crippen molar-refractivity contribution in [2.45, 2.75) is 32.6 Å². The highest BCUT2D eigenvalue weighted by Crippen LogP contribution is 2.30. The fourth-order valence-corrected chi connectivity index (χ4v) is 3.87. The van der Waals surface area contributed by atoms with Crippen molar-refractivity contribution >= 4 is 28.7 Å². The van der Waals surface area contributed by atoms with Crippen LogP contribution in [0.4, 0.5) is 17.1 Å². The van der Waals surface area contributed by atoms with Crippen LogP contribution in [0.25, 0.3) is 0 Å². The highest BCUT2D eigenvalue weighted by molar-refractivity contribution is 6.27. The minimum Gasteiger partial charge on any atom is -0.462 e. The first-order chi connectivity index (χ1) is 16.8. The van der Waals surface area contributed by atoms with Crippen LogP contribution in [-0.2, 0) is 9.53 Å². The molecule has 0 atom stereocenters. The lowest BCUT2D eigenvalue weighted by molar-refractivity contribution is -0.393. The summed E-state index contributed by atoms with van der Waals surface area (Å²) in [6.07, 6.45) is 3.55. The molecule has 0 amide bonds. The van der Waals surface area contributed by atoms with E-state index in [1.165, 1.54) is 6.07 Å². The Balaban J connectivity index is 2.18. The zero-order chi connectivity index (χ0) is 25.4. The molecule has 2 aromatic carbocycles. The van der Waals surface area contributed by atoms with Crippen LogP contribution in [0.3, 0.4) is 0 Å². The summed E-state index contributed by atoms with van der Waals surface area (Å²) in [4.78, 5) is 36.5. The summed E-state index contributed by atoms with van der Waals surface area (Å²) >= 11 is 0. The van der Waals surface area contributed by atoms with Crippen molar-refractivity contribution in [2.75, 3.05) is 25.6 Å². The van der Waals surface area contributed by atoms with E-state index < -0.39 is 27.2 Å². The summed E-state index contributed by atoms with van der Waals surface area (Å²) in [5.74, 6) is -0.543. The molecule has 35 heavy (non-hydrogen) atoms. The smallest absolute Gasteiger partial charge is 0.342 e. The summed E-state index contributed by atoms with van der Waals surface area (Å²) in [6, 6.07) is 12.2. The highest BCUT2D eigenvalue weighted by Gasteiger charge is 2.27. The topological polar surface area (TPSA) is 140 Å². The first-order valence-corrected chi connectivity index (χ1v) is 11.3. The van der Waals surface area contributed by atoms with Gasteiger partial charge in [-0.15, -0.1) is 0 Å². The van der Waals surface area contributed by atoms with E-state index in [0.29, 0.717) is 12.0 Å². The molecule has 1 saturated heterocycles. The third kappa shape index (κ3) is 6.19. The van der Waals surface area contributed by atoms with Crippen molar-refractivity contribution in [3.05, 3.63) is 85.6 Å². The number of hydrazone groups is 1. The number of rotatable bonds is 8. The maximum atomic E-state index is 13.2. The number of anilines is 1. The van der Waals surface area contributed by atoms with Crippen molar-refractivity contribution < 1.29 is 19.4 Å². The zero-order valence-electron chi connectivity index (χ0n) is 19.6. The van der Waals surface area contributed by atoms with Gasteiger partial charge in [0.25, 0.3) is 5.69 Å². The number of nitro benzene ring substituents is 2. The second kappa shape index (κ2) is 11.7. The predicted molar refractivity (Wildman–Crippen MR) is 131 cm³/mol. The van der Waals surface area contributed by atoms with Crippen LogP contribution < -0.4 is 5.43 Å². The molecule has 1 N–H and O–H groups in total. The Morgan fingerprint density at radius 3 is 2.49 bits per heavy atom. The lowest BCUT2D eigenvalue weighted by Crippen LogP contribution is -2.27. The van der Waals surface area contributed by atoms with Gasteiger partial charge in [-0.25, -0.2) is 4.79 Å². The van der Waals surface area contributed by atoms with Crippen LogP contribution in [0.5, 0.6) is 0 Å². The Labute approximate surface area is 202 Å². The summed E-state index contributed by atoms with van der Waals surface area (Å²) < 4.78 is 5.39. The van der Waals surface area contributed by atoms with Gasteiger partial charge in [0, 0.05) is 30.9 Å². The summed E-state index contributed by atoms with van der Waals surface area (Å²) in [6.45, 7) is 2.65. The number of esters is 1. The maximum absolute atomic E-state index is 13.2. The van der Waals surface area contributed by atoms with Gasteiger partial charge < -0.3 is 9.64 Å². The number of nitrogens with one attached hydrogen (secondary N) is 1. The Morgan fingerprint density at radius 2 is 1.83 bits per heavy atom. The van der Waals surface area contributed by atoms with Crippen molar-refractivity contribution in [1.82, 2.24) is 4.90 Å². The second-order valence-electron chi connectivity index (χ2n) is 7.93. The van der Waals surface area contributed by atoms with Gasteiger partial charge in [-0.2, -0.15) is 5.10 Å². The van der Waals surface area contributed by atoms with Crippen LogP contribution in [0.2, 0.25) is 0 Å². The molecule has 11 nitrogen and oxygen atoms in total. The Bertz CT molecular complexity index is 1160. The van der Waals surface area contributed by atoms with Gasteiger partial charge in [0.2, 0.25) is 0 Å². The molecule has 11 heteroatoms. The number of benzene rings is 2. The lowest BCUT2D eigenvalue weighted by Gasteiger charge is -2.24. The molecule has 184 valence electrons. The van der Waals surface area contributed by atoms with E-state index in [1.807, 2.05) is 18.0 Å². The Kier molecular flexibility index (Phi) is 8.49. The number of hydrogen-bond acceptors (Lipinski definition) is 9. The predicted octanol–water partition coefficient (Wildman–Crippen LogP) is 4.64. The molecule has 1 aliphatic heterocycles. The minimum absolute atomic E-state index is 0.0449. The Morgan fingerprint density at radius 1 is 1.09 bits per heavy atom. The molecular weight excluding hydrogens is 454 g/mol. The fraction of sp³-hybridized carbons (Fsp3) is 0.333. The van der Waals surface area contributed by atoms with Gasteiger partial charge in [-0.3, -0.25) is 25.7 Å². The van der Waals surface area contributed by atoms with Crippen molar-refractivity contribution in [3.63, 3.8) is 0 Å². The molecule has 2 aromatic rings. The normalized spacial score (nSPS) is 15.7. The monoisotopic (exact) mass is 481 g/mol. The number of hydrogen-bond donors (Lipinski definition) is 1. The number of nitro groups is 2. The molecule has 0 aromatic heterocycles. The molecule has 0 unspecified atom stereocenters. The molecule has 1 fully saturated rings. The van der Waals surface area contributed by atoms with Crippen LogP contribution in [0, 0.1) is 20.2 Å². The molecule has 0 spiro atoms. The second-order valence-corrected chi connectivity index (χ2v) is 7.93. The number of allylic oxidation sites excluding steroid dienone is 1. The third-order valence-corrected chi connectivity index (χ3v) is 5.60. The molecule has 1 heterocycles. The number of carbonyl (C=O) groups excluding carboxylic acids is 1. The molecular formula is C24H27N5O6. The van der Waals surface area contributed by atoms with Crippen molar-refractivity contribution in [1.29, 1.82) is 0 Å². The van der Waals surface area contributed by atoms with E-state index in [2.05, 4.69) is 10.5 Å². The van der Waals surface area contributed by atoms with Gasteiger partial charge in [0.05, 0.1) is 22.5 Å². The largest absolute Gasteiger partial charge is 0.462 e. The molecule has 1 aliphatic rings. The first-order valence-electron chi connectivity index (χ1n) is 11.3. The first kappa shape index (κ1) is 25.3. The number of nitrogens with zero attached hydrogens (tertiary/aromatic N) is 4. The van der Waals surface area contributed by atoms with Gasteiger partial charge in [-0.05, 0) is 32.3 Å². The van der Waals surface area contributed by atoms with Gasteiger partial charge in [-0.1, -0.05) is 36.8 Å². The van der Waals surface area contributed by atoms with E-state index in [1.54, 1.807) is 31.2 Å². The van der Waals surface area contributed by atoms with Crippen molar-refractivity contribution in [2.24, 2.45) is 5.10 Å². The van der Waals surface area contributed by atoms with E-state index >= 15 is 0 Å². The Hall–Kier alpha value is -4.28. The number of likely N-dealkylation sites (tertiary alicyclic amines) is 1. The van der Waals surface area contributed by atoms with Crippen LogP contribution >= 0.6 is 0 Å². The number of ether oxygens (including phenoxy) is 1. The molecule has 0 saturated carbocycles. The molecule has 3 rings (SSSR count). The van der Waals surface area contributed by atoms with Crippen molar-refractivity contribution in [3.8, 4) is 0 Å². The van der Waals surface area contributed by atoms with Gasteiger partial charge in [0.15, 0.2) is 0 Å². The highest BCUT2D eigenvalue weighted by atomic mass is 16.6. The maximum Gasteiger partial charge on any atom is 0.342 e. The molecule has 0 bridgehead atoms. The lowest BCUT2D eigenvalue weighted by atomic mass is 9.98. The third-order valence-electron chi connectivity index (χ3n) is 5.60. The minimum atomic E-state index is -0.725. The average Bonchev–Trinajstić information content (AvgIpc) is 3.06. The number of non-ortho nitro benzene ring substituents is 1. The quantitative estimate of drug-likeness (QED) is 0.189. The van der Waals surface area contributed by atoms with Gasteiger partial charge in [0.1, 0.15) is 17.0 Å². The van der Waals surface area contributed by atoms with Crippen LogP contribution in [0.1, 0.15) is 38.2 Å². The van der Waals surface area contributed by atoms with E-state index in [9.17, 15) is 25.0 Å².